The van der Waals surface area contributed by atoms with E-state index in [2.05, 4.69) is 15.2 Å². The number of nitrogens with one attached hydrogen (secondary N) is 2. The second-order valence-electron chi connectivity index (χ2n) is 6.34. The molecule has 7 nitrogen and oxygen atoms in total. The average molecular weight is 403 g/mol. The highest BCUT2D eigenvalue weighted by Gasteiger charge is 2.17. The number of sulfonamides is 1. The predicted octanol–water partition coefficient (Wildman–Crippen LogP) is 3.42. The van der Waals surface area contributed by atoms with Gasteiger partial charge in [-0.3, -0.25) is 4.79 Å². The molecule has 0 aliphatic carbocycles. The van der Waals surface area contributed by atoms with Crippen LogP contribution in [-0.2, 0) is 10.0 Å². The van der Waals surface area contributed by atoms with Gasteiger partial charge in [0.15, 0.2) is 0 Å². The van der Waals surface area contributed by atoms with Crippen molar-refractivity contribution >= 4 is 21.6 Å². The van der Waals surface area contributed by atoms with Crippen LogP contribution in [0.15, 0.2) is 64.0 Å². The summed E-state index contributed by atoms with van der Waals surface area (Å²) in [4.78, 5) is 12.4. The smallest absolute Gasteiger partial charge is 0.294 e. The van der Waals surface area contributed by atoms with E-state index >= 15 is 0 Å². The lowest BCUT2D eigenvalue weighted by Gasteiger charge is -2.10. The summed E-state index contributed by atoms with van der Waals surface area (Å²) in [5.41, 5.74) is 1.19. The van der Waals surface area contributed by atoms with Crippen LogP contribution in [-0.4, -0.2) is 25.5 Å². The molecule has 28 heavy (non-hydrogen) atoms. The Morgan fingerprint density at radius 1 is 1.11 bits per heavy atom. The highest BCUT2D eigenvalue weighted by Crippen LogP contribution is 2.21. The molecular formula is C19H18FN3O4S. The minimum Gasteiger partial charge on any atom is -0.350 e. The number of halogens is 1. The number of hydrogen-bond donors (Lipinski definition) is 2. The number of hydrogen-bond acceptors (Lipinski definition) is 5. The van der Waals surface area contributed by atoms with E-state index in [1.165, 1.54) is 48.5 Å². The number of aromatic nitrogens is 1. The lowest BCUT2D eigenvalue weighted by Crippen LogP contribution is -2.30. The van der Waals surface area contributed by atoms with Crippen molar-refractivity contribution < 1.29 is 22.1 Å². The van der Waals surface area contributed by atoms with E-state index in [0.717, 1.165) is 0 Å². The van der Waals surface area contributed by atoms with Gasteiger partial charge in [-0.05, 0) is 50.2 Å². The fraction of sp³-hybridized carbons (Fsp3) is 0.158. The lowest BCUT2D eigenvalue weighted by molar-refractivity contribution is 0.0988. The maximum atomic E-state index is 13.3. The van der Waals surface area contributed by atoms with Gasteiger partial charge < -0.3 is 9.84 Å². The third-order valence-electron chi connectivity index (χ3n) is 3.67. The molecule has 1 amide bonds. The highest BCUT2D eigenvalue weighted by molar-refractivity contribution is 7.89. The van der Waals surface area contributed by atoms with Crippen LogP contribution in [0.1, 0.15) is 24.4 Å². The van der Waals surface area contributed by atoms with E-state index in [1.54, 1.807) is 19.9 Å². The Kier molecular flexibility index (Phi) is 5.57. The molecule has 0 aliphatic heterocycles. The maximum absolute atomic E-state index is 13.3. The van der Waals surface area contributed by atoms with E-state index in [4.69, 9.17) is 4.52 Å². The summed E-state index contributed by atoms with van der Waals surface area (Å²) >= 11 is 0. The summed E-state index contributed by atoms with van der Waals surface area (Å²) in [6, 6.07) is 12.6. The second-order valence-corrected chi connectivity index (χ2v) is 8.06. The molecule has 2 aromatic carbocycles. The van der Waals surface area contributed by atoms with Crippen molar-refractivity contribution in [3.63, 3.8) is 0 Å². The van der Waals surface area contributed by atoms with Crippen molar-refractivity contribution in [1.29, 1.82) is 0 Å². The molecule has 2 N–H and O–H groups in total. The van der Waals surface area contributed by atoms with Gasteiger partial charge in [-0.15, -0.1) is 0 Å². The predicted molar refractivity (Wildman–Crippen MR) is 102 cm³/mol. The summed E-state index contributed by atoms with van der Waals surface area (Å²) in [5.74, 6) is -1.04. The van der Waals surface area contributed by atoms with Crippen molar-refractivity contribution in [2.45, 2.75) is 24.8 Å². The minimum absolute atomic E-state index is 0.0579. The summed E-state index contributed by atoms with van der Waals surface area (Å²) in [6.07, 6.45) is 0. The van der Waals surface area contributed by atoms with Crippen LogP contribution in [0, 0.1) is 5.82 Å². The van der Waals surface area contributed by atoms with Gasteiger partial charge in [0.05, 0.1) is 4.90 Å². The van der Waals surface area contributed by atoms with Crippen LogP contribution in [0.5, 0.6) is 0 Å². The molecule has 0 unspecified atom stereocenters. The number of anilines is 1. The van der Waals surface area contributed by atoms with Crippen molar-refractivity contribution in [2.24, 2.45) is 0 Å². The van der Waals surface area contributed by atoms with E-state index in [9.17, 15) is 17.6 Å². The third kappa shape index (κ3) is 4.62. The van der Waals surface area contributed by atoms with Crippen LogP contribution in [0.25, 0.3) is 11.3 Å². The zero-order valence-electron chi connectivity index (χ0n) is 15.1. The first-order valence-electron chi connectivity index (χ1n) is 8.41. The zero-order valence-corrected chi connectivity index (χ0v) is 16.0. The second kappa shape index (κ2) is 7.91. The molecule has 9 heteroatoms. The van der Waals surface area contributed by atoms with E-state index in [-0.39, 0.29) is 16.7 Å². The summed E-state index contributed by atoms with van der Waals surface area (Å²) in [6.45, 7) is 3.45. The largest absolute Gasteiger partial charge is 0.350 e. The van der Waals surface area contributed by atoms with Gasteiger partial charge in [-0.25, -0.2) is 17.5 Å². The first-order valence-corrected chi connectivity index (χ1v) is 9.89. The Bertz CT molecular complexity index is 1090. The van der Waals surface area contributed by atoms with Gasteiger partial charge in [0.2, 0.25) is 15.8 Å². The molecule has 1 heterocycles. The number of carbonyl (C=O) groups is 1. The number of nitrogens with zero attached hydrogens (tertiary/aromatic N) is 1. The molecule has 3 rings (SSSR count). The van der Waals surface area contributed by atoms with Crippen LogP contribution in [0.3, 0.4) is 0 Å². The summed E-state index contributed by atoms with van der Waals surface area (Å²) < 4.78 is 45.0. The van der Waals surface area contributed by atoms with Crippen molar-refractivity contribution in [2.75, 3.05) is 5.32 Å². The summed E-state index contributed by atoms with van der Waals surface area (Å²) in [5, 5.41) is 6.37. The Balaban J connectivity index is 1.72. The fourth-order valence-electron chi connectivity index (χ4n) is 2.45. The first kappa shape index (κ1) is 19.7. The lowest BCUT2D eigenvalue weighted by atomic mass is 10.1. The van der Waals surface area contributed by atoms with Crippen LogP contribution in [0.4, 0.5) is 10.1 Å². The molecule has 0 fully saturated rings. The van der Waals surface area contributed by atoms with Crippen molar-refractivity contribution in [1.82, 2.24) is 9.88 Å². The SMILES string of the molecule is CC(C)NS(=O)(=O)c1ccc(NC(=O)c2cc(-c3cccc(F)c3)no2)cc1. The standard InChI is InChI=1S/C19H18FN3O4S/c1-12(2)23-28(25,26)16-8-6-15(7-9-16)21-19(24)18-11-17(22-27-18)13-4-3-5-14(20)10-13/h3-12,23H,1-2H3,(H,21,24). The molecule has 0 radical (unpaired) electrons. The van der Waals surface area contributed by atoms with Gasteiger partial charge in [-0.1, -0.05) is 17.3 Å². The molecular weight excluding hydrogens is 385 g/mol. The Morgan fingerprint density at radius 3 is 2.46 bits per heavy atom. The number of amides is 1. The maximum Gasteiger partial charge on any atom is 0.294 e. The van der Waals surface area contributed by atoms with Crippen LogP contribution >= 0.6 is 0 Å². The van der Waals surface area contributed by atoms with Gasteiger partial charge in [-0.2, -0.15) is 0 Å². The molecule has 0 saturated heterocycles. The zero-order chi connectivity index (χ0) is 20.3. The van der Waals surface area contributed by atoms with Gasteiger partial charge in [0.1, 0.15) is 11.5 Å². The van der Waals surface area contributed by atoms with Crippen molar-refractivity contribution in [3.05, 3.63) is 66.2 Å². The van der Waals surface area contributed by atoms with E-state index < -0.39 is 21.7 Å². The van der Waals surface area contributed by atoms with Crippen LogP contribution < -0.4 is 10.0 Å². The topological polar surface area (TPSA) is 101 Å². The molecule has 1 aromatic heterocycles. The molecule has 146 valence electrons. The van der Waals surface area contributed by atoms with Gasteiger partial charge in [0, 0.05) is 23.4 Å². The summed E-state index contributed by atoms with van der Waals surface area (Å²) in [7, 11) is -3.61. The Hall–Kier alpha value is -3.04. The van der Waals surface area contributed by atoms with Gasteiger partial charge >= 0.3 is 0 Å². The third-order valence-corrected chi connectivity index (χ3v) is 5.34. The number of carbonyl (C=O) groups excluding carboxylic acids is 1. The normalized spacial score (nSPS) is 11.6. The molecule has 0 atom stereocenters. The molecule has 0 saturated carbocycles. The average Bonchev–Trinajstić information content (AvgIpc) is 3.11. The van der Waals surface area contributed by atoms with Crippen molar-refractivity contribution in [3.8, 4) is 11.3 Å². The minimum atomic E-state index is -3.61. The Morgan fingerprint density at radius 2 is 1.82 bits per heavy atom. The quantitative estimate of drug-likeness (QED) is 0.657. The van der Waals surface area contributed by atoms with E-state index in [1.807, 2.05) is 0 Å². The molecule has 0 bridgehead atoms. The fourth-order valence-corrected chi connectivity index (χ4v) is 3.71. The molecule has 0 spiro atoms. The highest BCUT2D eigenvalue weighted by atomic mass is 32.2. The van der Waals surface area contributed by atoms with Gasteiger partial charge in [0.25, 0.3) is 5.91 Å². The van der Waals surface area contributed by atoms with Crippen LogP contribution in [0.2, 0.25) is 0 Å². The monoisotopic (exact) mass is 403 g/mol. The number of benzene rings is 2. The number of rotatable bonds is 6. The molecule has 3 aromatic rings. The van der Waals surface area contributed by atoms with E-state index in [0.29, 0.717) is 16.9 Å². The molecule has 0 aliphatic rings. The Labute approximate surface area is 161 Å². The first-order chi connectivity index (χ1) is 13.2.